The lowest BCUT2D eigenvalue weighted by Gasteiger charge is -2.25. The van der Waals surface area contributed by atoms with Gasteiger partial charge in [-0.15, -0.1) is 0 Å². The molecule has 3 heterocycles. The number of fused-ring (bicyclic) bond motifs is 1. The number of aromatic carboxylic acids is 1. The van der Waals surface area contributed by atoms with E-state index in [1.54, 1.807) is 21.6 Å². The number of aromatic nitrogens is 3. The Labute approximate surface area is 267 Å². The number of carbonyl (C=O) groups is 2. The van der Waals surface area contributed by atoms with Crippen molar-refractivity contribution in [2.24, 2.45) is 0 Å². The second kappa shape index (κ2) is 13.0. The molecule has 0 aliphatic carbocycles. The third kappa shape index (κ3) is 6.51. The largest absolute Gasteiger partial charge is 0.478 e. The summed E-state index contributed by atoms with van der Waals surface area (Å²) in [4.78, 5) is 34.7. The monoisotopic (exact) mass is 639 g/mol. The highest BCUT2D eigenvalue weighted by Gasteiger charge is 2.29. The van der Waals surface area contributed by atoms with Gasteiger partial charge in [-0.2, -0.15) is 5.26 Å². The molecule has 1 aliphatic heterocycles. The molecule has 9 nitrogen and oxygen atoms in total. The van der Waals surface area contributed by atoms with Crippen LogP contribution in [0.1, 0.15) is 52.6 Å². The molecule has 3 aromatic carbocycles. The van der Waals surface area contributed by atoms with E-state index in [0.29, 0.717) is 29.9 Å². The number of hydrogen-bond donors (Lipinski definition) is 1. The summed E-state index contributed by atoms with van der Waals surface area (Å²) in [5.74, 6) is -2.77. The number of imidazole rings is 1. The van der Waals surface area contributed by atoms with Crippen LogP contribution in [0.3, 0.4) is 0 Å². The summed E-state index contributed by atoms with van der Waals surface area (Å²) in [5, 5.41) is 18.5. The van der Waals surface area contributed by atoms with E-state index in [1.165, 1.54) is 43.3 Å². The summed E-state index contributed by atoms with van der Waals surface area (Å²) in [6.45, 7) is 2.24. The van der Waals surface area contributed by atoms with Crippen LogP contribution in [-0.4, -0.2) is 49.0 Å². The van der Waals surface area contributed by atoms with Gasteiger partial charge < -0.3 is 19.3 Å². The first-order valence-corrected chi connectivity index (χ1v) is 14.9. The summed E-state index contributed by atoms with van der Waals surface area (Å²) >= 11 is 0. The van der Waals surface area contributed by atoms with Gasteiger partial charge in [-0.25, -0.2) is 27.9 Å². The standard InChI is InChI=1S/C35H28F3N5O4/c1-20(44)42-11-3-4-25(42)18-43-32-14-22(35(45)46)9-10-31(32)40-33(43)15-24-13-29(38)26(16-28(24)37)30-5-2-6-34(41-30)47-19-23-8-7-21(17-39)12-27(23)36/h2,5-10,12-14,16,25H,3-4,11,15,18-19H2,1H3,(H,45,46)/t25-/m1/s1. The minimum Gasteiger partial charge on any atom is -0.478 e. The number of nitrogens with zero attached hydrogens (tertiary/aromatic N) is 5. The zero-order chi connectivity index (χ0) is 33.2. The number of carbonyl (C=O) groups excluding carboxylic acids is 1. The smallest absolute Gasteiger partial charge is 0.335 e. The normalized spacial score (nSPS) is 14.4. The van der Waals surface area contributed by atoms with Crippen LogP contribution < -0.4 is 4.74 Å². The molecule has 0 unspecified atom stereocenters. The predicted molar refractivity (Wildman–Crippen MR) is 165 cm³/mol. The van der Waals surface area contributed by atoms with Crippen LogP contribution in [0.25, 0.3) is 22.3 Å². The second-order valence-corrected chi connectivity index (χ2v) is 11.3. The number of hydrogen-bond acceptors (Lipinski definition) is 6. The summed E-state index contributed by atoms with van der Waals surface area (Å²) in [5.41, 5.74) is 1.47. The van der Waals surface area contributed by atoms with Gasteiger partial charge in [0.05, 0.1) is 33.9 Å². The first-order valence-electron chi connectivity index (χ1n) is 14.9. The van der Waals surface area contributed by atoms with E-state index in [2.05, 4.69) is 9.97 Å². The fraction of sp³-hybridized carbons (Fsp3) is 0.229. The third-order valence-electron chi connectivity index (χ3n) is 8.29. The number of pyridine rings is 1. The molecule has 5 aromatic rings. The molecule has 1 saturated heterocycles. The van der Waals surface area contributed by atoms with Gasteiger partial charge in [-0.3, -0.25) is 4.79 Å². The van der Waals surface area contributed by atoms with Gasteiger partial charge in [0.1, 0.15) is 29.9 Å². The van der Waals surface area contributed by atoms with Gasteiger partial charge in [0, 0.05) is 49.7 Å². The average Bonchev–Trinajstić information content (AvgIpc) is 3.66. The lowest BCUT2D eigenvalue weighted by atomic mass is 10.0. The van der Waals surface area contributed by atoms with E-state index >= 15 is 8.78 Å². The highest BCUT2D eigenvalue weighted by molar-refractivity contribution is 5.92. The number of carboxylic acids is 1. The van der Waals surface area contributed by atoms with Crippen LogP contribution in [0.4, 0.5) is 13.2 Å². The van der Waals surface area contributed by atoms with E-state index < -0.39 is 23.4 Å². The van der Waals surface area contributed by atoms with Gasteiger partial charge in [-0.1, -0.05) is 12.1 Å². The van der Waals surface area contributed by atoms with Crippen molar-refractivity contribution in [2.45, 2.75) is 45.4 Å². The molecule has 47 heavy (non-hydrogen) atoms. The molecule has 2 aromatic heterocycles. The van der Waals surface area contributed by atoms with E-state index in [4.69, 9.17) is 10.00 Å². The molecule has 1 N–H and O–H groups in total. The van der Waals surface area contributed by atoms with Crippen LogP contribution >= 0.6 is 0 Å². The van der Waals surface area contributed by atoms with E-state index in [9.17, 15) is 19.1 Å². The van der Waals surface area contributed by atoms with Crippen molar-refractivity contribution < 1.29 is 32.6 Å². The quantitative estimate of drug-likeness (QED) is 0.202. The molecule has 0 bridgehead atoms. The molecule has 0 saturated carbocycles. The first-order chi connectivity index (χ1) is 22.6. The van der Waals surface area contributed by atoms with E-state index in [1.807, 2.05) is 6.07 Å². The summed E-state index contributed by atoms with van der Waals surface area (Å²) in [6, 6.07) is 16.9. The van der Waals surface area contributed by atoms with Gasteiger partial charge in [0.2, 0.25) is 11.8 Å². The van der Waals surface area contributed by atoms with E-state index in [0.717, 1.165) is 31.0 Å². The summed E-state index contributed by atoms with van der Waals surface area (Å²) in [6.07, 6.45) is 1.47. The number of halogens is 3. The maximum absolute atomic E-state index is 15.6. The Kier molecular flexibility index (Phi) is 8.63. The minimum absolute atomic E-state index is 0.0276. The van der Waals surface area contributed by atoms with Crippen LogP contribution in [0.15, 0.2) is 66.7 Å². The Morgan fingerprint density at radius 2 is 1.81 bits per heavy atom. The Balaban J connectivity index is 1.28. The number of nitriles is 1. The molecule has 0 spiro atoms. The lowest BCUT2D eigenvalue weighted by Crippen LogP contribution is -2.36. The fourth-order valence-corrected chi connectivity index (χ4v) is 5.92. The Hall–Kier alpha value is -5.70. The molecular weight excluding hydrogens is 611 g/mol. The van der Waals surface area contributed by atoms with Gasteiger partial charge in [0.15, 0.2) is 0 Å². The SMILES string of the molecule is CC(=O)N1CCC[C@@H]1Cn1c(Cc2cc(F)c(-c3cccc(OCc4ccc(C#N)cc4F)n3)cc2F)nc2ccc(C(=O)O)cc21. The summed E-state index contributed by atoms with van der Waals surface area (Å²) < 4.78 is 52.9. The Bertz CT molecular complexity index is 2070. The van der Waals surface area contributed by atoms with E-state index in [-0.39, 0.29) is 64.4 Å². The van der Waals surface area contributed by atoms with Crippen LogP contribution in [0, 0.1) is 28.8 Å². The van der Waals surface area contributed by atoms with Crippen molar-refractivity contribution >= 4 is 22.9 Å². The zero-order valence-electron chi connectivity index (χ0n) is 25.2. The second-order valence-electron chi connectivity index (χ2n) is 11.3. The lowest BCUT2D eigenvalue weighted by molar-refractivity contribution is -0.129. The maximum Gasteiger partial charge on any atom is 0.335 e. The number of benzene rings is 3. The zero-order valence-corrected chi connectivity index (χ0v) is 25.2. The molecule has 1 atom stereocenters. The molecular formula is C35H28F3N5O4. The van der Waals surface area contributed by atoms with Gasteiger partial charge in [0.25, 0.3) is 0 Å². The highest BCUT2D eigenvalue weighted by atomic mass is 19.1. The van der Waals surface area contributed by atoms with Crippen molar-refractivity contribution in [1.82, 2.24) is 19.4 Å². The predicted octanol–water partition coefficient (Wildman–Crippen LogP) is 6.27. The number of carboxylic acid groups (broad SMARTS) is 1. The van der Waals surface area contributed by atoms with Gasteiger partial charge >= 0.3 is 5.97 Å². The van der Waals surface area contributed by atoms with Crippen molar-refractivity contribution in [2.75, 3.05) is 6.54 Å². The molecule has 1 amide bonds. The Morgan fingerprint density at radius 1 is 1.00 bits per heavy atom. The van der Waals surface area contributed by atoms with Crippen molar-refractivity contribution in [3.63, 3.8) is 0 Å². The van der Waals surface area contributed by atoms with Crippen LogP contribution in [0.2, 0.25) is 0 Å². The number of rotatable bonds is 9. The van der Waals surface area contributed by atoms with Crippen molar-refractivity contribution in [3.8, 4) is 23.2 Å². The number of likely N-dealkylation sites (tertiary alicyclic amines) is 1. The Morgan fingerprint density at radius 3 is 2.55 bits per heavy atom. The molecule has 6 rings (SSSR count). The fourth-order valence-electron chi connectivity index (χ4n) is 5.92. The molecule has 238 valence electrons. The average molecular weight is 640 g/mol. The molecule has 1 fully saturated rings. The first kappa shape index (κ1) is 31.3. The van der Waals surface area contributed by atoms with Crippen LogP contribution in [-0.2, 0) is 24.4 Å². The summed E-state index contributed by atoms with van der Waals surface area (Å²) in [7, 11) is 0. The minimum atomic E-state index is -1.11. The third-order valence-corrected chi connectivity index (χ3v) is 8.29. The van der Waals surface area contributed by atoms with Crippen molar-refractivity contribution in [3.05, 3.63) is 112 Å². The maximum atomic E-state index is 15.6. The topological polar surface area (TPSA) is 121 Å². The molecule has 0 radical (unpaired) electrons. The molecule has 1 aliphatic rings. The number of ether oxygens (including phenoxy) is 1. The molecule has 12 heteroatoms. The van der Waals surface area contributed by atoms with Crippen molar-refractivity contribution in [1.29, 1.82) is 5.26 Å². The van der Waals surface area contributed by atoms with Crippen LogP contribution in [0.5, 0.6) is 5.88 Å². The van der Waals surface area contributed by atoms with Gasteiger partial charge in [-0.05, 0) is 66.9 Å². The number of amides is 1. The highest BCUT2D eigenvalue weighted by Crippen LogP contribution is 2.29.